The molecule has 7 heteroatoms. The average molecular weight is 369 g/mol. The minimum Gasteiger partial charge on any atom is -0.463 e. The van der Waals surface area contributed by atoms with Crippen LogP contribution in [-0.2, 0) is 23.8 Å². The molecule has 0 aromatic heterocycles. The smallest absolute Gasteiger partial charge is 0.330 e. The number of hydrogen-bond acceptors (Lipinski definition) is 5. The van der Waals surface area contributed by atoms with Crippen molar-refractivity contribution in [2.75, 3.05) is 26.4 Å². The lowest BCUT2D eigenvalue weighted by atomic mass is 10.4. The molecule has 0 bridgehead atoms. The zero-order chi connectivity index (χ0) is 18.5. The van der Waals surface area contributed by atoms with E-state index in [0.717, 1.165) is 18.9 Å². The maximum atomic E-state index is 10.4. The van der Waals surface area contributed by atoms with Crippen LogP contribution >= 0.6 is 23.2 Å². The summed E-state index contributed by atoms with van der Waals surface area (Å²) in [6.45, 7) is 15.4. The third-order valence-electron chi connectivity index (χ3n) is 1.75. The lowest BCUT2D eigenvalue weighted by molar-refractivity contribution is -0.139. The molecule has 5 nitrogen and oxygen atoms in total. The van der Waals surface area contributed by atoms with Crippen molar-refractivity contribution in [1.82, 2.24) is 0 Å². The van der Waals surface area contributed by atoms with Crippen molar-refractivity contribution in [2.24, 2.45) is 0 Å². The van der Waals surface area contributed by atoms with Gasteiger partial charge >= 0.3 is 11.9 Å². The molecular formula is C16H26Cl2O5. The Balaban J connectivity index is -0.000000284. The van der Waals surface area contributed by atoms with Gasteiger partial charge in [-0.05, 0) is 13.3 Å². The Morgan fingerprint density at radius 1 is 0.957 bits per heavy atom. The monoisotopic (exact) mass is 368 g/mol. The van der Waals surface area contributed by atoms with Gasteiger partial charge in [-0.1, -0.05) is 56.3 Å². The van der Waals surface area contributed by atoms with Crippen molar-refractivity contribution in [3.05, 3.63) is 36.4 Å². The molecule has 0 aliphatic rings. The van der Waals surface area contributed by atoms with E-state index in [0.29, 0.717) is 26.4 Å². The van der Waals surface area contributed by atoms with Crippen LogP contribution in [0.2, 0.25) is 0 Å². The predicted octanol–water partition coefficient (Wildman–Crippen LogP) is 4.20. The van der Waals surface area contributed by atoms with Crippen LogP contribution in [0.15, 0.2) is 36.4 Å². The molecule has 0 rings (SSSR count). The lowest BCUT2D eigenvalue weighted by Gasteiger charge is -2.00. The van der Waals surface area contributed by atoms with Crippen LogP contribution in [0.4, 0.5) is 0 Å². The highest BCUT2D eigenvalue weighted by molar-refractivity contribution is 6.55. The van der Waals surface area contributed by atoms with E-state index in [1.54, 1.807) is 0 Å². The number of esters is 2. The van der Waals surface area contributed by atoms with Crippen LogP contribution in [0, 0.1) is 0 Å². The average Bonchev–Trinajstić information content (AvgIpc) is 2.51. The Morgan fingerprint density at radius 3 is 1.74 bits per heavy atom. The normalized spacial score (nSPS) is 8.35. The molecule has 0 amide bonds. The van der Waals surface area contributed by atoms with Crippen molar-refractivity contribution in [3.63, 3.8) is 0 Å². The number of unbranched alkanes of at least 4 members (excludes halogenated alkanes) is 1. The fourth-order valence-corrected chi connectivity index (χ4v) is 0.780. The summed E-state index contributed by atoms with van der Waals surface area (Å²) in [4.78, 5) is 20.7. The topological polar surface area (TPSA) is 61.8 Å². The van der Waals surface area contributed by atoms with E-state index in [1.807, 2.05) is 13.8 Å². The molecule has 0 saturated heterocycles. The molecule has 0 saturated carbocycles. The molecule has 0 heterocycles. The summed E-state index contributed by atoms with van der Waals surface area (Å²) >= 11 is 9.69. The second kappa shape index (κ2) is 23.0. The largest absolute Gasteiger partial charge is 0.463 e. The minimum absolute atomic E-state index is 0.111. The number of carbonyl (C=O) groups excluding carboxylic acids is 2. The van der Waals surface area contributed by atoms with Gasteiger partial charge < -0.3 is 14.2 Å². The van der Waals surface area contributed by atoms with Crippen LogP contribution in [-0.4, -0.2) is 38.4 Å². The molecule has 0 unspecified atom stereocenters. The molecule has 0 aliphatic heterocycles. The molecule has 0 N–H and O–H groups in total. The molecule has 0 aliphatic carbocycles. The summed E-state index contributed by atoms with van der Waals surface area (Å²) in [6, 6.07) is 0. The second-order valence-electron chi connectivity index (χ2n) is 3.63. The molecule has 0 radical (unpaired) electrons. The fourth-order valence-electron chi connectivity index (χ4n) is 0.780. The Bertz CT molecular complexity index is 339. The van der Waals surface area contributed by atoms with Crippen LogP contribution in [0.3, 0.4) is 0 Å². The maximum Gasteiger partial charge on any atom is 0.330 e. The van der Waals surface area contributed by atoms with E-state index in [2.05, 4.69) is 29.2 Å². The minimum atomic E-state index is -0.403. The predicted molar refractivity (Wildman–Crippen MR) is 94.6 cm³/mol. The van der Waals surface area contributed by atoms with Gasteiger partial charge in [0.05, 0.1) is 17.7 Å². The number of rotatable bonds is 9. The van der Waals surface area contributed by atoms with E-state index in [1.165, 1.54) is 6.08 Å². The lowest BCUT2D eigenvalue weighted by Crippen LogP contribution is -2.07. The maximum absolute atomic E-state index is 10.4. The van der Waals surface area contributed by atoms with Gasteiger partial charge in [-0.3, -0.25) is 0 Å². The summed E-state index contributed by atoms with van der Waals surface area (Å²) in [5, 5.41) is 0. The van der Waals surface area contributed by atoms with Gasteiger partial charge in [0.15, 0.2) is 0 Å². The summed E-state index contributed by atoms with van der Waals surface area (Å²) in [5.41, 5.74) is 0. The molecule has 0 atom stereocenters. The molecule has 23 heavy (non-hydrogen) atoms. The SMILES string of the molecule is C=C(Cl)Cl.C=CC(=O)OCCCC.C=CC(=O)OCCOCC. The van der Waals surface area contributed by atoms with Crippen molar-refractivity contribution < 1.29 is 23.8 Å². The van der Waals surface area contributed by atoms with E-state index in [-0.39, 0.29) is 10.5 Å². The molecule has 0 fully saturated rings. The van der Waals surface area contributed by atoms with E-state index >= 15 is 0 Å². The number of carbonyl (C=O) groups is 2. The Kier molecular flexibility index (Phi) is 26.6. The van der Waals surface area contributed by atoms with E-state index in [9.17, 15) is 9.59 Å². The van der Waals surface area contributed by atoms with Gasteiger partial charge in [-0.25, -0.2) is 9.59 Å². The standard InChI is InChI=1S/C7H12O3.C7H12O2.C2H2Cl2/c1-3-7(8)10-6-5-9-4-2;1-3-5-6-9-7(8)4-2;1-2(3)4/h3H,1,4-6H2,2H3;4H,2-3,5-6H2,1H3;1H2. The molecule has 134 valence electrons. The van der Waals surface area contributed by atoms with Gasteiger partial charge in [0, 0.05) is 18.8 Å². The third-order valence-corrected chi connectivity index (χ3v) is 1.75. The number of halogens is 2. The molecular weight excluding hydrogens is 343 g/mol. The van der Waals surface area contributed by atoms with Crippen LogP contribution in [0.25, 0.3) is 0 Å². The first-order valence-corrected chi connectivity index (χ1v) is 7.77. The van der Waals surface area contributed by atoms with E-state index in [4.69, 9.17) is 27.9 Å². The first-order valence-electron chi connectivity index (χ1n) is 7.01. The van der Waals surface area contributed by atoms with Gasteiger partial charge in [0.1, 0.15) is 6.61 Å². The third kappa shape index (κ3) is 38.6. The quantitative estimate of drug-likeness (QED) is 0.346. The van der Waals surface area contributed by atoms with Gasteiger partial charge in [0.25, 0.3) is 0 Å². The van der Waals surface area contributed by atoms with Gasteiger partial charge in [-0.15, -0.1) is 0 Å². The van der Waals surface area contributed by atoms with Crippen molar-refractivity contribution in [2.45, 2.75) is 26.7 Å². The summed E-state index contributed by atoms with van der Waals surface area (Å²) < 4.78 is 14.3. The van der Waals surface area contributed by atoms with Crippen LogP contribution < -0.4 is 0 Å². The number of hydrogen-bond donors (Lipinski definition) is 0. The molecule has 0 spiro atoms. The molecule has 0 aromatic rings. The highest BCUT2D eigenvalue weighted by atomic mass is 35.5. The highest BCUT2D eigenvalue weighted by Gasteiger charge is 1.92. The fraction of sp³-hybridized carbons (Fsp3) is 0.500. The van der Waals surface area contributed by atoms with Gasteiger partial charge in [-0.2, -0.15) is 0 Å². The Hall–Kier alpha value is -1.30. The summed E-state index contributed by atoms with van der Waals surface area (Å²) in [7, 11) is 0. The first-order chi connectivity index (χ1) is 10.8. The molecule has 0 aromatic carbocycles. The van der Waals surface area contributed by atoms with Crippen LogP contribution in [0.5, 0.6) is 0 Å². The van der Waals surface area contributed by atoms with Gasteiger partial charge in [0.2, 0.25) is 0 Å². The summed E-state index contributed by atoms with van der Waals surface area (Å²) in [6.07, 6.45) is 4.28. The van der Waals surface area contributed by atoms with Crippen molar-refractivity contribution in [1.29, 1.82) is 0 Å². The zero-order valence-electron chi connectivity index (χ0n) is 13.8. The Morgan fingerprint density at radius 2 is 1.39 bits per heavy atom. The van der Waals surface area contributed by atoms with Crippen LogP contribution in [0.1, 0.15) is 26.7 Å². The summed E-state index contributed by atoms with van der Waals surface area (Å²) in [5.74, 6) is -0.733. The Labute approximate surface area is 148 Å². The van der Waals surface area contributed by atoms with Crippen molar-refractivity contribution >= 4 is 35.1 Å². The van der Waals surface area contributed by atoms with E-state index < -0.39 is 5.97 Å². The first kappa shape index (κ1) is 26.6. The van der Waals surface area contributed by atoms with Crippen molar-refractivity contribution in [3.8, 4) is 0 Å². The number of ether oxygens (including phenoxy) is 3. The highest BCUT2D eigenvalue weighted by Crippen LogP contribution is 1.98. The zero-order valence-corrected chi connectivity index (χ0v) is 15.3. The second-order valence-corrected chi connectivity index (χ2v) is 4.74.